The quantitative estimate of drug-likeness (QED) is 0.369. The molecule has 0 bridgehead atoms. The van der Waals surface area contributed by atoms with E-state index < -0.39 is 11.7 Å². The number of amides is 2. The zero-order chi connectivity index (χ0) is 21.0. The molecule has 2 amide bonds. The summed E-state index contributed by atoms with van der Waals surface area (Å²) in [5.74, 6) is -1.15. The van der Waals surface area contributed by atoms with Crippen molar-refractivity contribution in [2.75, 3.05) is 13.1 Å². The van der Waals surface area contributed by atoms with Crippen LogP contribution in [0.25, 0.3) is 0 Å². The number of hydrogen-bond acceptors (Lipinski definition) is 6. The van der Waals surface area contributed by atoms with Crippen LogP contribution in [0.15, 0.2) is 28.8 Å². The summed E-state index contributed by atoms with van der Waals surface area (Å²) in [6.07, 6.45) is 0. The number of benzene rings is 1. The highest BCUT2D eigenvalue weighted by molar-refractivity contribution is 14.1. The third-order valence-electron chi connectivity index (χ3n) is 4.05. The summed E-state index contributed by atoms with van der Waals surface area (Å²) in [5, 5.41) is 13.4. The minimum absolute atomic E-state index is 0.166. The highest BCUT2D eigenvalue weighted by atomic mass is 127. The van der Waals surface area contributed by atoms with Crippen molar-refractivity contribution in [3.8, 4) is 0 Å². The standard InChI is InChI=1S/C18H18FIN6O3/c1-10-15(20)11(2)26(24-10)9-14-23-18(29-25-14)17(28)22-8-7-21-16(27)12-3-5-13(19)6-4-12/h3-6H,7-9H2,1-2H3,(H,21,27)(H,22,28). The molecule has 11 heteroatoms. The number of hydrogen-bond donors (Lipinski definition) is 2. The summed E-state index contributed by atoms with van der Waals surface area (Å²) in [5.41, 5.74) is 2.22. The number of halogens is 2. The molecule has 0 aliphatic rings. The largest absolute Gasteiger partial charge is 0.350 e. The number of carbonyl (C=O) groups is 2. The van der Waals surface area contributed by atoms with Gasteiger partial charge in [-0.15, -0.1) is 0 Å². The van der Waals surface area contributed by atoms with E-state index in [2.05, 4.69) is 48.5 Å². The predicted octanol–water partition coefficient (Wildman–Crippen LogP) is 1.83. The molecule has 0 atom stereocenters. The minimum Gasteiger partial charge on any atom is -0.350 e. The molecule has 0 saturated heterocycles. The molecule has 1 aromatic carbocycles. The van der Waals surface area contributed by atoms with E-state index in [4.69, 9.17) is 4.52 Å². The van der Waals surface area contributed by atoms with Gasteiger partial charge in [0.2, 0.25) is 0 Å². The maximum absolute atomic E-state index is 12.9. The van der Waals surface area contributed by atoms with E-state index in [1.54, 1.807) is 4.68 Å². The van der Waals surface area contributed by atoms with E-state index >= 15 is 0 Å². The molecule has 2 aromatic heterocycles. The van der Waals surface area contributed by atoms with Crippen LogP contribution in [-0.2, 0) is 6.54 Å². The van der Waals surface area contributed by atoms with E-state index in [9.17, 15) is 14.0 Å². The Hall–Kier alpha value is -2.83. The Morgan fingerprint density at radius 3 is 2.41 bits per heavy atom. The van der Waals surface area contributed by atoms with Crippen molar-refractivity contribution in [3.63, 3.8) is 0 Å². The number of aromatic nitrogens is 4. The lowest BCUT2D eigenvalue weighted by molar-refractivity contribution is 0.0898. The van der Waals surface area contributed by atoms with E-state index in [0.717, 1.165) is 15.0 Å². The molecule has 29 heavy (non-hydrogen) atoms. The van der Waals surface area contributed by atoms with Crippen LogP contribution in [0.2, 0.25) is 0 Å². The molecule has 152 valence electrons. The number of nitrogens with zero attached hydrogens (tertiary/aromatic N) is 4. The van der Waals surface area contributed by atoms with Gasteiger partial charge in [-0.2, -0.15) is 10.1 Å². The Balaban J connectivity index is 1.47. The van der Waals surface area contributed by atoms with Crippen LogP contribution in [0.3, 0.4) is 0 Å². The zero-order valence-electron chi connectivity index (χ0n) is 15.7. The Labute approximate surface area is 179 Å². The molecule has 0 aliphatic carbocycles. The lowest BCUT2D eigenvalue weighted by Crippen LogP contribution is -2.34. The number of rotatable bonds is 7. The molecule has 2 heterocycles. The van der Waals surface area contributed by atoms with Gasteiger partial charge in [0.1, 0.15) is 12.4 Å². The van der Waals surface area contributed by atoms with Crippen LogP contribution < -0.4 is 10.6 Å². The first kappa shape index (κ1) is 20.9. The first-order chi connectivity index (χ1) is 13.8. The lowest BCUT2D eigenvalue weighted by atomic mass is 10.2. The van der Waals surface area contributed by atoms with Crippen molar-refractivity contribution in [1.82, 2.24) is 30.6 Å². The first-order valence-electron chi connectivity index (χ1n) is 8.69. The third kappa shape index (κ3) is 5.16. The van der Waals surface area contributed by atoms with Gasteiger partial charge in [0, 0.05) is 24.3 Å². The SMILES string of the molecule is Cc1nn(Cc2noc(C(=O)NCCNC(=O)c3ccc(F)cc3)n2)c(C)c1I. The topological polar surface area (TPSA) is 115 Å². The van der Waals surface area contributed by atoms with Gasteiger partial charge >= 0.3 is 11.8 Å². The van der Waals surface area contributed by atoms with Crippen molar-refractivity contribution < 1.29 is 18.5 Å². The number of aryl methyl sites for hydroxylation is 1. The van der Waals surface area contributed by atoms with E-state index in [-0.39, 0.29) is 24.9 Å². The van der Waals surface area contributed by atoms with Gasteiger partial charge in [-0.05, 0) is 60.7 Å². The average molecular weight is 512 g/mol. The fourth-order valence-corrected chi connectivity index (χ4v) is 2.89. The predicted molar refractivity (Wildman–Crippen MR) is 109 cm³/mol. The second kappa shape index (κ2) is 9.11. The molecule has 9 nitrogen and oxygen atoms in total. The van der Waals surface area contributed by atoms with E-state index in [0.29, 0.717) is 17.9 Å². The molecule has 0 aliphatic heterocycles. The highest BCUT2D eigenvalue weighted by Gasteiger charge is 2.17. The Morgan fingerprint density at radius 1 is 1.14 bits per heavy atom. The molecule has 0 fully saturated rings. The van der Waals surface area contributed by atoms with Crippen molar-refractivity contribution in [3.05, 3.63) is 62.3 Å². The zero-order valence-corrected chi connectivity index (χ0v) is 17.9. The molecular weight excluding hydrogens is 494 g/mol. The van der Waals surface area contributed by atoms with Gasteiger partial charge in [-0.3, -0.25) is 14.3 Å². The summed E-state index contributed by atoms with van der Waals surface area (Å²) in [7, 11) is 0. The summed E-state index contributed by atoms with van der Waals surface area (Å²) in [6, 6.07) is 5.17. The van der Waals surface area contributed by atoms with Crippen molar-refractivity contribution in [2.24, 2.45) is 0 Å². The van der Waals surface area contributed by atoms with Crippen LogP contribution >= 0.6 is 22.6 Å². The normalized spacial score (nSPS) is 10.8. The summed E-state index contributed by atoms with van der Waals surface area (Å²) < 4.78 is 20.7. The maximum atomic E-state index is 12.9. The number of nitrogens with one attached hydrogen (secondary N) is 2. The monoisotopic (exact) mass is 512 g/mol. The van der Waals surface area contributed by atoms with Gasteiger partial charge < -0.3 is 15.2 Å². The summed E-state index contributed by atoms with van der Waals surface area (Å²) in [4.78, 5) is 28.1. The van der Waals surface area contributed by atoms with Gasteiger partial charge in [0.15, 0.2) is 5.82 Å². The van der Waals surface area contributed by atoms with Crippen molar-refractivity contribution >= 4 is 34.4 Å². The van der Waals surface area contributed by atoms with Crippen LogP contribution in [0, 0.1) is 23.2 Å². The maximum Gasteiger partial charge on any atom is 0.316 e. The lowest BCUT2D eigenvalue weighted by Gasteiger charge is -2.05. The molecule has 0 radical (unpaired) electrons. The smallest absolute Gasteiger partial charge is 0.316 e. The van der Waals surface area contributed by atoms with Crippen LogP contribution in [-0.4, -0.2) is 44.8 Å². The molecule has 0 spiro atoms. The second-order valence-corrected chi connectivity index (χ2v) is 7.26. The average Bonchev–Trinajstić information content (AvgIpc) is 3.26. The summed E-state index contributed by atoms with van der Waals surface area (Å²) >= 11 is 2.22. The van der Waals surface area contributed by atoms with Gasteiger partial charge in [-0.25, -0.2) is 4.39 Å². The second-order valence-electron chi connectivity index (χ2n) is 6.18. The van der Waals surface area contributed by atoms with Crippen molar-refractivity contribution in [1.29, 1.82) is 0 Å². The minimum atomic E-state index is -0.539. The first-order valence-corrected chi connectivity index (χ1v) is 9.77. The van der Waals surface area contributed by atoms with E-state index in [1.807, 2.05) is 13.8 Å². The molecule has 2 N–H and O–H groups in total. The van der Waals surface area contributed by atoms with Crippen molar-refractivity contribution in [2.45, 2.75) is 20.4 Å². The van der Waals surface area contributed by atoms with E-state index in [1.165, 1.54) is 24.3 Å². The fraction of sp³-hybridized carbons (Fsp3) is 0.278. The Morgan fingerprint density at radius 2 is 1.79 bits per heavy atom. The fourth-order valence-electron chi connectivity index (χ4n) is 2.50. The van der Waals surface area contributed by atoms with Gasteiger partial charge in [0.25, 0.3) is 5.91 Å². The molecular formula is C18H18FIN6O3. The molecule has 3 rings (SSSR count). The van der Waals surface area contributed by atoms with Gasteiger partial charge in [-0.1, -0.05) is 5.16 Å². The summed E-state index contributed by atoms with van der Waals surface area (Å²) in [6.45, 7) is 4.50. The molecule has 0 unspecified atom stereocenters. The Bertz CT molecular complexity index is 1030. The third-order valence-corrected chi connectivity index (χ3v) is 5.61. The van der Waals surface area contributed by atoms with Crippen LogP contribution in [0.1, 0.15) is 38.3 Å². The highest BCUT2D eigenvalue weighted by Crippen LogP contribution is 2.16. The number of carbonyl (C=O) groups excluding carboxylic acids is 2. The molecule has 0 saturated carbocycles. The van der Waals surface area contributed by atoms with Crippen LogP contribution in [0.5, 0.6) is 0 Å². The van der Waals surface area contributed by atoms with Gasteiger partial charge in [0.05, 0.1) is 9.26 Å². The van der Waals surface area contributed by atoms with Crippen LogP contribution in [0.4, 0.5) is 4.39 Å². The Kier molecular flexibility index (Phi) is 6.56. The molecule has 3 aromatic rings.